The molecule has 0 spiro atoms. The average Bonchev–Trinajstić information content (AvgIpc) is 2.39. The summed E-state index contributed by atoms with van der Waals surface area (Å²) in [6, 6.07) is 9.82. The van der Waals surface area contributed by atoms with Crippen LogP contribution >= 0.6 is 0 Å². The van der Waals surface area contributed by atoms with E-state index in [1.165, 1.54) is 0 Å². The van der Waals surface area contributed by atoms with E-state index in [0.29, 0.717) is 19.6 Å². The van der Waals surface area contributed by atoms with Crippen molar-refractivity contribution in [3.8, 4) is 0 Å². The third kappa shape index (κ3) is 6.57. The first-order valence-corrected chi connectivity index (χ1v) is 6.34. The molecule has 0 saturated carbocycles. The van der Waals surface area contributed by atoms with Crippen LogP contribution < -0.4 is 10.6 Å². The number of rotatable bonds is 6. The maximum Gasteiger partial charge on any atom is 0.309 e. The number of carbonyl (C=O) groups is 2. The fraction of sp³-hybridized carbons (Fsp3) is 0.429. The Labute approximate surface area is 114 Å². The molecule has 1 rings (SSSR count). The SMILES string of the molecule is CN(C)CCNC(=O)C(=O)NCCc1ccccc1. The lowest BCUT2D eigenvalue weighted by atomic mass is 10.1. The van der Waals surface area contributed by atoms with Gasteiger partial charge >= 0.3 is 11.8 Å². The summed E-state index contributed by atoms with van der Waals surface area (Å²) < 4.78 is 0. The van der Waals surface area contributed by atoms with E-state index < -0.39 is 11.8 Å². The molecule has 0 bridgehead atoms. The van der Waals surface area contributed by atoms with Gasteiger partial charge in [-0.1, -0.05) is 30.3 Å². The van der Waals surface area contributed by atoms with Crippen molar-refractivity contribution in [1.29, 1.82) is 0 Å². The third-order valence-corrected chi connectivity index (χ3v) is 2.59. The van der Waals surface area contributed by atoms with Crippen LogP contribution in [0.5, 0.6) is 0 Å². The molecule has 0 atom stereocenters. The van der Waals surface area contributed by atoms with Gasteiger partial charge in [0.1, 0.15) is 0 Å². The maximum atomic E-state index is 11.5. The zero-order valence-corrected chi connectivity index (χ0v) is 11.5. The molecule has 0 saturated heterocycles. The number of amides is 2. The lowest BCUT2D eigenvalue weighted by Crippen LogP contribution is -2.42. The highest BCUT2D eigenvalue weighted by molar-refractivity contribution is 6.35. The molecule has 0 fully saturated rings. The Balaban J connectivity index is 2.18. The van der Waals surface area contributed by atoms with Crippen molar-refractivity contribution >= 4 is 11.8 Å². The van der Waals surface area contributed by atoms with Crippen LogP contribution in [0.25, 0.3) is 0 Å². The summed E-state index contributed by atoms with van der Waals surface area (Å²) in [5.74, 6) is -1.15. The largest absolute Gasteiger partial charge is 0.348 e. The summed E-state index contributed by atoms with van der Waals surface area (Å²) in [4.78, 5) is 24.8. The number of nitrogens with zero attached hydrogens (tertiary/aromatic N) is 1. The van der Waals surface area contributed by atoms with E-state index in [0.717, 1.165) is 12.0 Å². The van der Waals surface area contributed by atoms with E-state index in [9.17, 15) is 9.59 Å². The topological polar surface area (TPSA) is 61.4 Å². The van der Waals surface area contributed by atoms with Gasteiger partial charge in [-0.2, -0.15) is 0 Å². The standard InChI is InChI=1S/C14H21N3O2/c1-17(2)11-10-16-14(19)13(18)15-9-8-12-6-4-3-5-7-12/h3-7H,8-11H2,1-2H3,(H,15,18)(H,16,19). The molecular weight excluding hydrogens is 242 g/mol. The van der Waals surface area contributed by atoms with Gasteiger partial charge in [-0.15, -0.1) is 0 Å². The smallest absolute Gasteiger partial charge is 0.309 e. The molecule has 5 nitrogen and oxygen atoms in total. The van der Waals surface area contributed by atoms with Crippen LogP contribution in [0.2, 0.25) is 0 Å². The first kappa shape index (κ1) is 15.2. The van der Waals surface area contributed by atoms with E-state index in [4.69, 9.17) is 0 Å². The number of likely N-dealkylation sites (N-methyl/N-ethyl adjacent to an activating group) is 1. The van der Waals surface area contributed by atoms with Crippen molar-refractivity contribution in [2.24, 2.45) is 0 Å². The van der Waals surface area contributed by atoms with Crippen molar-refractivity contribution in [1.82, 2.24) is 15.5 Å². The molecule has 104 valence electrons. The zero-order valence-electron chi connectivity index (χ0n) is 11.5. The van der Waals surface area contributed by atoms with Gasteiger partial charge in [0.25, 0.3) is 0 Å². The summed E-state index contributed by atoms with van der Waals surface area (Å²) in [5, 5.41) is 5.17. The van der Waals surface area contributed by atoms with E-state index in [1.807, 2.05) is 49.3 Å². The van der Waals surface area contributed by atoms with Crippen LogP contribution in [0.1, 0.15) is 5.56 Å². The fourth-order valence-electron chi connectivity index (χ4n) is 1.52. The Morgan fingerprint density at radius 2 is 1.58 bits per heavy atom. The molecule has 0 unspecified atom stereocenters. The normalized spacial score (nSPS) is 10.3. The highest BCUT2D eigenvalue weighted by Gasteiger charge is 2.11. The summed E-state index contributed by atoms with van der Waals surface area (Å²) >= 11 is 0. The van der Waals surface area contributed by atoms with Gasteiger partial charge in [0, 0.05) is 19.6 Å². The van der Waals surface area contributed by atoms with Crippen molar-refractivity contribution in [3.05, 3.63) is 35.9 Å². The monoisotopic (exact) mass is 263 g/mol. The van der Waals surface area contributed by atoms with Gasteiger partial charge in [0.2, 0.25) is 0 Å². The van der Waals surface area contributed by atoms with Gasteiger partial charge in [-0.25, -0.2) is 0 Å². The van der Waals surface area contributed by atoms with Crippen molar-refractivity contribution in [2.75, 3.05) is 33.7 Å². The zero-order chi connectivity index (χ0) is 14.1. The molecule has 2 amide bonds. The van der Waals surface area contributed by atoms with Crippen LogP contribution in [0.15, 0.2) is 30.3 Å². The molecule has 2 N–H and O–H groups in total. The summed E-state index contributed by atoms with van der Waals surface area (Å²) in [5.41, 5.74) is 1.14. The second kappa shape index (κ2) is 8.26. The van der Waals surface area contributed by atoms with Gasteiger partial charge in [-0.05, 0) is 26.1 Å². The molecule has 0 aliphatic carbocycles. The molecule has 0 aliphatic rings. The molecule has 0 aromatic heterocycles. The Hall–Kier alpha value is -1.88. The highest BCUT2D eigenvalue weighted by atomic mass is 16.2. The van der Waals surface area contributed by atoms with Crippen LogP contribution in [-0.2, 0) is 16.0 Å². The van der Waals surface area contributed by atoms with Gasteiger partial charge in [-0.3, -0.25) is 9.59 Å². The number of benzene rings is 1. The third-order valence-electron chi connectivity index (χ3n) is 2.59. The van der Waals surface area contributed by atoms with E-state index in [-0.39, 0.29) is 0 Å². The Kier molecular flexibility index (Phi) is 6.60. The van der Waals surface area contributed by atoms with Gasteiger partial charge < -0.3 is 15.5 Å². The number of hydrogen-bond acceptors (Lipinski definition) is 3. The van der Waals surface area contributed by atoms with Crippen molar-refractivity contribution in [2.45, 2.75) is 6.42 Å². The minimum absolute atomic E-state index is 0.462. The van der Waals surface area contributed by atoms with Crippen molar-refractivity contribution < 1.29 is 9.59 Å². The number of nitrogens with one attached hydrogen (secondary N) is 2. The molecule has 19 heavy (non-hydrogen) atoms. The Morgan fingerprint density at radius 1 is 1.00 bits per heavy atom. The Bertz CT molecular complexity index is 404. The summed E-state index contributed by atoms with van der Waals surface area (Å²) in [6.07, 6.45) is 0.720. The Morgan fingerprint density at radius 3 is 2.16 bits per heavy atom. The van der Waals surface area contributed by atoms with Crippen LogP contribution in [0, 0.1) is 0 Å². The van der Waals surface area contributed by atoms with Crippen LogP contribution in [0.4, 0.5) is 0 Å². The van der Waals surface area contributed by atoms with E-state index >= 15 is 0 Å². The second-order valence-corrected chi connectivity index (χ2v) is 4.55. The van der Waals surface area contributed by atoms with Gasteiger partial charge in [0.05, 0.1) is 0 Å². The molecule has 1 aromatic rings. The first-order valence-electron chi connectivity index (χ1n) is 6.34. The van der Waals surface area contributed by atoms with E-state index in [2.05, 4.69) is 10.6 Å². The minimum Gasteiger partial charge on any atom is -0.348 e. The molecule has 0 aliphatic heterocycles. The first-order chi connectivity index (χ1) is 9.09. The molecule has 0 radical (unpaired) electrons. The molecule has 0 heterocycles. The average molecular weight is 263 g/mol. The quantitative estimate of drug-likeness (QED) is 0.712. The number of carbonyl (C=O) groups excluding carboxylic acids is 2. The fourth-order valence-corrected chi connectivity index (χ4v) is 1.52. The number of hydrogen-bond donors (Lipinski definition) is 2. The van der Waals surface area contributed by atoms with Crippen molar-refractivity contribution in [3.63, 3.8) is 0 Å². The van der Waals surface area contributed by atoms with E-state index in [1.54, 1.807) is 0 Å². The maximum absolute atomic E-state index is 11.5. The minimum atomic E-state index is -0.574. The molecule has 5 heteroatoms. The lowest BCUT2D eigenvalue weighted by molar-refractivity contribution is -0.139. The summed E-state index contributed by atoms with van der Waals surface area (Å²) in [7, 11) is 3.82. The van der Waals surface area contributed by atoms with Gasteiger partial charge in [0.15, 0.2) is 0 Å². The predicted octanol–water partition coefficient (Wildman–Crippen LogP) is 0.0231. The lowest BCUT2D eigenvalue weighted by Gasteiger charge is -2.10. The highest BCUT2D eigenvalue weighted by Crippen LogP contribution is 1.97. The van der Waals surface area contributed by atoms with Crippen LogP contribution in [-0.4, -0.2) is 50.4 Å². The second-order valence-electron chi connectivity index (χ2n) is 4.55. The summed E-state index contributed by atoms with van der Waals surface area (Å²) in [6.45, 7) is 1.64. The van der Waals surface area contributed by atoms with Crippen LogP contribution in [0.3, 0.4) is 0 Å². The molecule has 1 aromatic carbocycles. The predicted molar refractivity (Wildman–Crippen MR) is 74.7 cm³/mol. The molecular formula is C14H21N3O2.